The summed E-state index contributed by atoms with van der Waals surface area (Å²) in [5.74, 6) is -0.243. The summed E-state index contributed by atoms with van der Waals surface area (Å²) in [7, 11) is 0. The van der Waals surface area contributed by atoms with Crippen LogP contribution in [0.1, 0.15) is 44.9 Å². The fourth-order valence-corrected chi connectivity index (χ4v) is 3.83. The molecule has 96 valence electrons. The van der Waals surface area contributed by atoms with Gasteiger partial charge in [0.1, 0.15) is 0 Å². The van der Waals surface area contributed by atoms with Crippen molar-refractivity contribution in [2.45, 2.75) is 44.9 Å². The highest BCUT2D eigenvalue weighted by atomic mass is 14.6. The summed E-state index contributed by atoms with van der Waals surface area (Å²) in [4.78, 5) is 0. The molecule has 0 aromatic carbocycles. The van der Waals surface area contributed by atoms with Crippen molar-refractivity contribution in [2.75, 3.05) is 0 Å². The lowest BCUT2D eigenvalue weighted by Crippen LogP contribution is -2.42. The Morgan fingerprint density at radius 1 is 0.737 bits per heavy atom. The Balaban J connectivity index is 2.36. The first kappa shape index (κ1) is 13.4. The number of rotatable bonds is 1. The van der Waals surface area contributed by atoms with E-state index in [1.54, 1.807) is 0 Å². The molecule has 19 heavy (non-hydrogen) atoms. The van der Waals surface area contributed by atoms with Crippen LogP contribution in [-0.2, 0) is 0 Å². The van der Waals surface area contributed by atoms with Gasteiger partial charge in [0.15, 0.2) is 0 Å². The molecule has 0 bridgehead atoms. The monoisotopic (exact) mass is 252 g/mol. The molecule has 2 saturated carbocycles. The van der Waals surface area contributed by atoms with E-state index < -0.39 is 10.8 Å². The molecule has 4 nitrogen and oxygen atoms in total. The van der Waals surface area contributed by atoms with Gasteiger partial charge in [-0.2, -0.15) is 21.0 Å². The zero-order chi connectivity index (χ0) is 13.9. The van der Waals surface area contributed by atoms with Gasteiger partial charge in [0.2, 0.25) is 0 Å². The van der Waals surface area contributed by atoms with Crippen LogP contribution in [0.15, 0.2) is 0 Å². The molecule has 2 rings (SSSR count). The fourth-order valence-electron chi connectivity index (χ4n) is 3.83. The maximum Gasteiger partial charge on any atom is 0.0773 e. The Kier molecular flexibility index (Phi) is 3.46. The summed E-state index contributed by atoms with van der Waals surface area (Å²) in [6, 6.07) is 9.23. The smallest absolute Gasteiger partial charge is 0.0773 e. The van der Waals surface area contributed by atoms with Gasteiger partial charge < -0.3 is 0 Å². The summed E-state index contributed by atoms with van der Waals surface area (Å²) in [5, 5.41) is 37.5. The first-order chi connectivity index (χ1) is 9.15. The van der Waals surface area contributed by atoms with Crippen LogP contribution >= 0.6 is 0 Å². The molecule has 0 aromatic rings. The quantitative estimate of drug-likeness (QED) is 0.716. The number of nitriles is 4. The van der Waals surface area contributed by atoms with Crippen molar-refractivity contribution >= 4 is 0 Å². The van der Waals surface area contributed by atoms with Gasteiger partial charge in [-0.05, 0) is 38.5 Å². The normalized spacial score (nSPS) is 41.5. The molecule has 0 aliphatic heterocycles. The van der Waals surface area contributed by atoms with E-state index in [9.17, 15) is 10.5 Å². The van der Waals surface area contributed by atoms with Gasteiger partial charge in [-0.15, -0.1) is 0 Å². The summed E-state index contributed by atoms with van der Waals surface area (Å²) in [6.45, 7) is 0. The predicted molar refractivity (Wildman–Crippen MR) is 66.6 cm³/mol. The second-order valence-electron chi connectivity index (χ2n) is 5.88. The van der Waals surface area contributed by atoms with Crippen LogP contribution in [0.2, 0.25) is 0 Å². The number of hydrogen-bond acceptors (Lipinski definition) is 4. The van der Waals surface area contributed by atoms with E-state index in [1.165, 1.54) is 0 Å². The molecule has 0 amide bonds. The first-order valence-electron chi connectivity index (χ1n) is 6.77. The SMILES string of the molecule is N#CC1CCCC(C#N)(C2(C#N)CCC(C#N)C2)C1. The second kappa shape index (κ2) is 4.91. The molecule has 4 unspecified atom stereocenters. The van der Waals surface area contributed by atoms with Gasteiger partial charge in [0, 0.05) is 11.8 Å². The van der Waals surface area contributed by atoms with Gasteiger partial charge in [0.05, 0.1) is 35.1 Å². The highest BCUT2D eigenvalue weighted by Gasteiger charge is 2.57. The molecule has 2 aliphatic carbocycles. The van der Waals surface area contributed by atoms with E-state index in [0.29, 0.717) is 32.1 Å². The largest absolute Gasteiger partial charge is 0.198 e. The van der Waals surface area contributed by atoms with Crippen LogP contribution in [0, 0.1) is 68.0 Å². The molecule has 0 aromatic heterocycles. The number of nitrogens with zero attached hydrogens (tertiary/aromatic N) is 4. The van der Waals surface area contributed by atoms with E-state index in [2.05, 4.69) is 24.3 Å². The van der Waals surface area contributed by atoms with E-state index in [0.717, 1.165) is 12.8 Å². The first-order valence-corrected chi connectivity index (χ1v) is 6.77. The molecule has 0 N–H and O–H groups in total. The minimum absolute atomic E-state index is 0.118. The van der Waals surface area contributed by atoms with E-state index in [1.807, 2.05) is 0 Å². The van der Waals surface area contributed by atoms with Crippen molar-refractivity contribution in [3.8, 4) is 24.3 Å². The Hall–Kier alpha value is -2.04. The average molecular weight is 252 g/mol. The van der Waals surface area contributed by atoms with Crippen LogP contribution in [0.4, 0.5) is 0 Å². The van der Waals surface area contributed by atoms with Gasteiger partial charge in [-0.3, -0.25) is 0 Å². The molecule has 2 fully saturated rings. The third-order valence-corrected chi connectivity index (χ3v) is 4.97. The van der Waals surface area contributed by atoms with Crippen LogP contribution in [-0.4, -0.2) is 0 Å². The Bertz CT molecular complexity index is 526. The van der Waals surface area contributed by atoms with Crippen LogP contribution in [0.3, 0.4) is 0 Å². The Morgan fingerprint density at radius 3 is 1.74 bits per heavy atom. The summed E-state index contributed by atoms with van der Waals surface area (Å²) in [6.07, 6.45) is 4.64. The third-order valence-electron chi connectivity index (χ3n) is 4.97. The summed E-state index contributed by atoms with van der Waals surface area (Å²) in [5.41, 5.74) is -1.45. The molecule has 0 spiro atoms. The molecule has 0 heterocycles. The van der Waals surface area contributed by atoms with Gasteiger partial charge in [0.25, 0.3) is 0 Å². The molecule has 0 saturated heterocycles. The van der Waals surface area contributed by atoms with Crippen LogP contribution < -0.4 is 0 Å². The highest BCUT2D eigenvalue weighted by molar-refractivity contribution is 5.24. The predicted octanol–water partition coefficient (Wildman–Crippen LogP) is 3.04. The Morgan fingerprint density at radius 2 is 1.26 bits per heavy atom. The van der Waals surface area contributed by atoms with Crippen LogP contribution in [0.25, 0.3) is 0 Å². The third kappa shape index (κ3) is 1.95. The summed E-state index contributed by atoms with van der Waals surface area (Å²) >= 11 is 0. The topological polar surface area (TPSA) is 95.2 Å². The average Bonchev–Trinajstić information content (AvgIpc) is 2.92. The van der Waals surface area contributed by atoms with Crippen molar-refractivity contribution < 1.29 is 0 Å². The fraction of sp³-hybridized carbons (Fsp3) is 0.733. The minimum Gasteiger partial charge on any atom is -0.198 e. The molecule has 4 heteroatoms. The van der Waals surface area contributed by atoms with Crippen molar-refractivity contribution in [2.24, 2.45) is 22.7 Å². The van der Waals surface area contributed by atoms with Gasteiger partial charge >= 0.3 is 0 Å². The molecule has 0 radical (unpaired) electrons. The van der Waals surface area contributed by atoms with Gasteiger partial charge in [-0.25, -0.2) is 0 Å². The van der Waals surface area contributed by atoms with E-state index >= 15 is 0 Å². The maximum absolute atomic E-state index is 9.68. The highest BCUT2D eigenvalue weighted by Crippen LogP contribution is 2.59. The lowest BCUT2D eigenvalue weighted by atomic mass is 9.55. The van der Waals surface area contributed by atoms with Crippen molar-refractivity contribution in [3.05, 3.63) is 0 Å². The standard InChI is InChI=1S/C15H16N4/c16-8-12-2-1-4-14(6-12,10-18)15(11-19)5-3-13(7-15)9-17/h12-13H,1-7H2. The zero-order valence-corrected chi connectivity index (χ0v) is 10.9. The van der Waals surface area contributed by atoms with Crippen molar-refractivity contribution in [1.82, 2.24) is 0 Å². The molecular weight excluding hydrogens is 236 g/mol. The Labute approximate surface area is 113 Å². The van der Waals surface area contributed by atoms with E-state index in [-0.39, 0.29) is 11.8 Å². The minimum atomic E-state index is -0.730. The van der Waals surface area contributed by atoms with Crippen LogP contribution in [0.5, 0.6) is 0 Å². The molecule has 4 atom stereocenters. The summed E-state index contributed by atoms with van der Waals surface area (Å²) < 4.78 is 0. The maximum atomic E-state index is 9.68. The van der Waals surface area contributed by atoms with E-state index in [4.69, 9.17) is 10.5 Å². The van der Waals surface area contributed by atoms with Gasteiger partial charge in [-0.1, -0.05) is 6.42 Å². The van der Waals surface area contributed by atoms with Crippen molar-refractivity contribution in [1.29, 1.82) is 21.0 Å². The molecule has 2 aliphatic rings. The molecular formula is C15H16N4. The number of hydrogen-bond donors (Lipinski definition) is 0. The second-order valence-corrected chi connectivity index (χ2v) is 5.88. The zero-order valence-electron chi connectivity index (χ0n) is 10.9. The van der Waals surface area contributed by atoms with Crippen molar-refractivity contribution in [3.63, 3.8) is 0 Å². The lowest BCUT2D eigenvalue weighted by molar-refractivity contribution is 0.0876. The lowest BCUT2D eigenvalue weighted by Gasteiger charge is -2.43.